The molecule has 0 radical (unpaired) electrons. The number of hydrogen-bond donors (Lipinski definition) is 0. The SMILES string of the molecule is O=C1/C(=C\c2ccc(N(c3ccccc3)c3ccccn3)[se]2)C(=O)c2c1ccc1ccccc21. The molecule has 2 heterocycles. The van der Waals surface area contributed by atoms with E-state index in [1.165, 1.54) is 0 Å². The fourth-order valence-corrected chi connectivity index (χ4v) is 6.39. The third-order valence-electron chi connectivity index (χ3n) is 5.90. The standard InChI is InChI=1S/C29H18N2O2Se/c32-28-23-15-13-19-8-4-5-11-22(19)27(23)29(33)24(28)18-21-14-16-26(34-21)31(20-9-2-1-3-10-20)25-12-6-7-17-30-25/h1-18H/b24-18+. The first kappa shape index (κ1) is 20.5. The molecule has 0 bridgehead atoms. The summed E-state index contributed by atoms with van der Waals surface area (Å²) in [6, 6.07) is 31.4. The van der Waals surface area contributed by atoms with Crippen molar-refractivity contribution < 1.29 is 9.59 Å². The predicted octanol–water partition coefficient (Wildman–Crippen LogP) is 6.22. The first-order valence-corrected chi connectivity index (χ1v) is 12.6. The Kier molecular flexibility index (Phi) is 5.06. The van der Waals surface area contributed by atoms with Gasteiger partial charge in [0.25, 0.3) is 0 Å². The molecule has 4 nitrogen and oxygen atoms in total. The molecule has 3 aromatic carbocycles. The molecule has 0 spiro atoms. The van der Waals surface area contributed by atoms with Gasteiger partial charge >= 0.3 is 203 Å². The van der Waals surface area contributed by atoms with Crippen molar-refractivity contribution >= 4 is 59.0 Å². The Morgan fingerprint density at radius 1 is 0.735 bits per heavy atom. The second kappa shape index (κ2) is 8.38. The average molecular weight is 505 g/mol. The Labute approximate surface area is 202 Å². The van der Waals surface area contributed by atoms with Crippen molar-refractivity contribution in [3.05, 3.63) is 124 Å². The van der Waals surface area contributed by atoms with Crippen molar-refractivity contribution in [2.45, 2.75) is 0 Å². The molecule has 0 fully saturated rings. The summed E-state index contributed by atoms with van der Waals surface area (Å²) in [7, 11) is 0. The third kappa shape index (κ3) is 3.43. The zero-order chi connectivity index (χ0) is 23.1. The van der Waals surface area contributed by atoms with E-state index in [1.807, 2.05) is 84.9 Å². The molecule has 0 unspecified atom stereocenters. The molecule has 0 saturated heterocycles. The fourth-order valence-electron chi connectivity index (χ4n) is 4.34. The van der Waals surface area contributed by atoms with Crippen LogP contribution < -0.4 is 4.90 Å². The second-order valence-corrected chi connectivity index (χ2v) is 10.3. The normalized spacial score (nSPS) is 14.1. The van der Waals surface area contributed by atoms with Gasteiger partial charge < -0.3 is 0 Å². The summed E-state index contributed by atoms with van der Waals surface area (Å²) in [6.07, 6.45) is 3.56. The number of anilines is 3. The molecule has 0 amide bonds. The van der Waals surface area contributed by atoms with Crippen LogP contribution in [0, 0.1) is 0 Å². The van der Waals surface area contributed by atoms with Gasteiger partial charge in [-0.25, -0.2) is 0 Å². The van der Waals surface area contributed by atoms with Crippen LogP contribution in [-0.2, 0) is 0 Å². The maximum atomic E-state index is 13.3. The minimum atomic E-state index is -0.194. The van der Waals surface area contributed by atoms with Crippen molar-refractivity contribution in [1.82, 2.24) is 4.98 Å². The van der Waals surface area contributed by atoms with Crippen molar-refractivity contribution in [1.29, 1.82) is 0 Å². The van der Waals surface area contributed by atoms with Crippen LogP contribution in [0.25, 0.3) is 16.8 Å². The molecule has 1 aliphatic rings. The quantitative estimate of drug-likeness (QED) is 0.165. The van der Waals surface area contributed by atoms with E-state index < -0.39 is 0 Å². The van der Waals surface area contributed by atoms with Gasteiger partial charge in [0, 0.05) is 0 Å². The molecule has 5 aromatic rings. The van der Waals surface area contributed by atoms with E-state index >= 15 is 0 Å². The molecular weight excluding hydrogens is 487 g/mol. The van der Waals surface area contributed by atoms with Crippen LogP contribution >= 0.6 is 0 Å². The van der Waals surface area contributed by atoms with Gasteiger partial charge in [0.15, 0.2) is 0 Å². The molecule has 0 saturated carbocycles. The number of fused-ring (bicyclic) bond motifs is 3. The minimum absolute atomic E-state index is 0.0994. The monoisotopic (exact) mass is 506 g/mol. The summed E-state index contributed by atoms with van der Waals surface area (Å²) in [4.78, 5) is 33.2. The molecule has 2 aromatic heterocycles. The first-order valence-electron chi connectivity index (χ1n) is 10.9. The van der Waals surface area contributed by atoms with Crippen molar-refractivity contribution in [2.24, 2.45) is 0 Å². The van der Waals surface area contributed by atoms with Crippen molar-refractivity contribution in [3.63, 3.8) is 0 Å². The summed E-state index contributed by atoms with van der Waals surface area (Å²) in [5.74, 6) is 0.447. The van der Waals surface area contributed by atoms with E-state index in [-0.39, 0.29) is 31.6 Å². The van der Waals surface area contributed by atoms with E-state index in [9.17, 15) is 9.59 Å². The summed E-state index contributed by atoms with van der Waals surface area (Å²) in [5.41, 5.74) is 2.28. The Morgan fingerprint density at radius 2 is 1.53 bits per heavy atom. The number of benzene rings is 3. The van der Waals surface area contributed by atoms with Gasteiger partial charge in [-0.05, 0) is 0 Å². The van der Waals surface area contributed by atoms with Gasteiger partial charge in [-0.15, -0.1) is 0 Å². The van der Waals surface area contributed by atoms with Gasteiger partial charge in [0.05, 0.1) is 0 Å². The topological polar surface area (TPSA) is 50.3 Å². The Balaban J connectivity index is 1.41. The molecule has 0 atom stereocenters. The van der Waals surface area contributed by atoms with E-state index in [1.54, 1.807) is 18.3 Å². The number of ketones is 2. The summed E-state index contributed by atoms with van der Waals surface area (Å²) < 4.78 is 2.07. The number of carbonyl (C=O) groups excluding carboxylic acids is 2. The van der Waals surface area contributed by atoms with Crippen LogP contribution in [-0.4, -0.2) is 31.1 Å². The van der Waals surface area contributed by atoms with E-state index in [0.29, 0.717) is 11.1 Å². The Morgan fingerprint density at radius 3 is 2.35 bits per heavy atom. The number of pyridine rings is 1. The van der Waals surface area contributed by atoms with Crippen LogP contribution in [0.15, 0.2) is 109 Å². The van der Waals surface area contributed by atoms with E-state index in [4.69, 9.17) is 0 Å². The van der Waals surface area contributed by atoms with Crippen LogP contribution in [0.3, 0.4) is 0 Å². The Hall–Kier alpha value is -4.05. The summed E-state index contributed by atoms with van der Waals surface area (Å²) >= 11 is -0.0994. The molecule has 0 N–H and O–H groups in total. The first-order chi connectivity index (χ1) is 16.7. The molecular formula is C29H18N2O2Se. The molecule has 6 rings (SSSR count). The number of allylic oxidation sites excluding steroid dienone is 1. The van der Waals surface area contributed by atoms with Crippen LogP contribution in [0.4, 0.5) is 16.1 Å². The number of para-hydroxylation sites is 1. The number of carbonyl (C=O) groups is 2. The molecule has 34 heavy (non-hydrogen) atoms. The van der Waals surface area contributed by atoms with Crippen molar-refractivity contribution in [3.8, 4) is 0 Å². The number of aromatic nitrogens is 1. The van der Waals surface area contributed by atoms with Gasteiger partial charge in [-0.3, -0.25) is 0 Å². The molecule has 1 aliphatic carbocycles. The number of hydrogen-bond acceptors (Lipinski definition) is 4. The summed E-state index contributed by atoms with van der Waals surface area (Å²) in [6.45, 7) is 0. The van der Waals surface area contributed by atoms with Gasteiger partial charge in [0.2, 0.25) is 0 Å². The van der Waals surface area contributed by atoms with Crippen LogP contribution in [0.2, 0.25) is 0 Å². The number of nitrogens with zero attached hydrogens (tertiary/aromatic N) is 2. The fraction of sp³-hybridized carbons (Fsp3) is 0. The number of Topliss-reactive ketones (excluding diaryl/α,β-unsaturated/α-hetero) is 2. The maximum absolute atomic E-state index is 13.3. The van der Waals surface area contributed by atoms with E-state index in [0.717, 1.165) is 31.3 Å². The van der Waals surface area contributed by atoms with Gasteiger partial charge in [0.1, 0.15) is 0 Å². The second-order valence-electron chi connectivity index (χ2n) is 7.96. The van der Waals surface area contributed by atoms with Crippen LogP contribution in [0.5, 0.6) is 0 Å². The third-order valence-corrected chi connectivity index (χ3v) is 8.04. The van der Waals surface area contributed by atoms with Gasteiger partial charge in [-0.1, -0.05) is 0 Å². The average Bonchev–Trinajstić information content (AvgIpc) is 3.44. The zero-order valence-corrected chi connectivity index (χ0v) is 19.7. The zero-order valence-electron chi connectivity index (χ0n) is 18.0. The number of rotatable bonds is 4. The van der Waals surface area contributed by atoms with Crippen molar-refractivity contribution in [2.75, 3.05) is 4.90 Å². The molecule has 5 heteroatoms. The van der Waals surface area contributed by atoms with Crippen LogP contribution in [0.1, 0.15) is 25.2 Å². The predicted molar refractivity (Wildman–Crippen MR) is 136 cm³/mol. The molecule has 0 aliphatic heterocycles. The van der Waals surface area contributed by atoms with Gasteiger partial charge in [-0.2, -0.15) is 0 Å². The Bertz CT molecular complexity index is 1550. The van der Waals surface area contributed by atoms with E-state index in [2.05, 4.69) is 16.0 Å². The molecule has 162 valence electrons. The summed E-state index contributed by atoms with van der Waals surface area (Å²) in [5, 5.41) is 1.79.